The second kappa shape index (κ2) is 10.3. The lowest BCUT2D eigenvalue weighted by molar-refractivity contribution is 0.0946. The minimum absolute atomic E-state index is 0.177. The summed E-state index contributed by atoms with van der Waals surface area (Å²) in [6, 6.07) is 24.8. The Bertz CT molecular complexity index is 1590. The number of amides is 1. The van der Waals surface area contributed by atoms with Crippen molar-refractivity contribution in [3.63, 3.8) is 0 Å². The van der Waals surface area contributed by atoms with Gasteiger partial charge in [-0.25, -0.2) is 0 Å². The van der Waals surface area contributed by atoms with Crippen LogP contribution in [0.25, 0.3) is 11.0 Å². The Morgan fingerprint density at radius 1 is 0.919 bits per heavy atom. The number of aryl methyl sites for hydroxylation is 3. The van der Waals surface area contributed by atoms with E-state index in [9.17, 15) is 10.2 Å². The van der Waals surface area contributed by atoms with Crippen molar-refractivity contribution in [1.29, 1.82) is 5.41 Å². The highest BCUT2D eigenvalue weighted by atomic mass is 16.5. The topological polar surface area (TPSA) is 88.8 Å². The lowest BCUT2D eigenvalue weighted by Gasteiger charge is -2.21. The number of fused-ring (bicyclic) bond motifs is 1. The molecule has 5 rings (SSSR count). The fourth-order valence-electron chi connectivity index (χ4n) is 4.73. The third kappa shape index (κ3) is 5.11. The minimum Gasteiger partial charge on any atom is -0.361 e. The number of aromatic nitrogens is 3. The van der Waals surface area contributed by atoms with Gasteiger partial charge in [0.05, 0.1) is 29.8 Å². The molecule has 2 aromatic heterocycles. The summed E-state index contributed by atoms with van der Waals surface area (Å²) >= 11 is 0. The summed E-state index contributed by atoms with van der Waals surface area (Å²) in [5.41, 5.74) is 7.46. The second-order valence-electron chi connectivity index (χ2n) is 9.60. The van der Waals surface area contributed by atoms with Crippen LogP contribution in [-0.2, 0) is 13.0 Å². The number of carbonyl (C=O) groups is 1. The van der Waals surface area contributed by atoms with Gasteiger partial charge in [0.15, 0.2) is 0 Å². The van der Waals surface area contributed by atoms with Crippen molar-refractivity contribution in [2.45, 2.75) is 39.8 Å². The predicted octanol–water partition coefficient (Wildman–Crippen LogP) is 5.10. The molecule has 0 bridgehead atoms. The standard InChI is InChI=1S/C30H31N5O2/c1-20-8-12-23(13-9-20)16-25(17-32-29(36)26-18-33-37-22(26)3)35-28-7-5-4-6-27(28)34(30(35)31)19-24-14-10-21(2)11-15-24/h4-15,18,25,31H,16-17,19H2,1-3H3,(H,32,36). The van der Waals surface area contributed by atoms with Crippen molar-refractivity contribution in [1.82, 2.24) is 19.6 Å². The molecule has 2 N–H and O–H groups in total. The van der Waals surface area contributed by atoms with Gasteiger partial charge in [0, 0.05) is 6.54 Å². The van der Waals surface area contributed by atoms with Crippen LogP contribution in [0.3, 0.4) is 0 Å². The number of para-hydroxylation sites is 2. The molecule has 0 aliphatic rings. The number of carbonyl (C=O) groups excluding carboxylic acids is 1. The summed E-state index contributed by atoms with van der Waals surface area (Å²) in [5, 5.41) is 16.0. The maximum absolute atomic E-state index is 12.9. The van der Waals surface area contributed by atoms with Crippen LogP contribution in [0.1, 0.15) is 44.4 Å². The lowest BCUT2D eigenvalue weighted by Crippen LogP contribution is -2.37. The highest BCUT2D eigenvalue weighted by Crippen LogP contribution is 2.22. The van der Waals surface area contributed by atoms with Crippen LogP contribution in [0, 0.1) is 26.2 Å². The molecule has 37 heavy (non-hydrogen) atoms. The lowest BCUT2D eigenvalue weighted by atomic mass is 10.0. The third-order valence-electron chi connectivity index (χ3n) is 6.83. The monoisotopic (exact) mass is 493 g/mol. The van der Waals surface area contributed by atoms with Gasteiger partial charge in [-0.15, -0.1) is 0 Å². The Kier molecular flexibility index (Phi) is 6.77. The molecule has 1 unspecified atom stereocenters. The minimum atomic E-state index is -0.233. The fourth-order valence-corrected chi connectivity index (χ4v) is 4.73. The number of rotatable bonds is 8. The van der Waals surface area contributed by atoms with E-state index in [0.29, 0.717) is 36.5 Å². The molecule has 188 valence electrons. The van der Waals surface area contributed by atoms with Crippen molar-refractivity contribution in [3.05, 3.63) is 118 Å². The van der Waals surface area contributed by atoms with Gasteiger partial charge in [-0.2, -0.15) is 0 Å². The summed E-state index contributed by atoms with van der Waals surface area (Å²) in [6.07, 6.45) is 2.11. The Labute approximate surface area is 215 Å². The van der Waals surface area contributed by atoms with Gasteiger partial charge in [-0.05, 0) is 50.5 Å². The molecule has 7 heteroatoms. The SMILES string of the molecule is Cc1ccc(CC(CNC(=O)c2cnoc2C)n2c(=N)n(Cc3ccc(C)cc3)c3ccccc32)cc1. The number of hydrogen-bond donors (Lipinski definition) is 2. The Balaban J connectivity index is 1.54. The molecular formula is C30H31N5O2. The summed E-state index contributed by atoms with van der Waals surface area (Å²) in [4.78, 5) is 12.9. The molecule has 1 atom stereocenters. The van der Waals surface area contributed by atoms with Crippen LogP contribution in [0.15, 0.2) is 83.5 Å². The van der Waals surface area contributed by atoms with E-state index in [2.05, 4.69) is 78.9 Å². The summed E-state index contributed by atoms with van der Waals surface area (Å²) < 4.78 is 9.16. The molecular weight excluding hydrogens is 462 g/mol. The van der Waals surface area contributed by atoms with E-state index in [1.807, 2.05) is 27.3 Å². The number of hydrogen-bond acceptors (Lipinski definition) is 4. The van der Waals surface area contributed by atoms with Gasteiger partial charge < -0.3 is 19.0 Å². The van der Waals surface area contributed by atoms with Crippen LogP contribution < -0.4 is 10.9 Å². The zero-order valence-electron chi connectivity index (χ0n) is 21.4. The predicted molar refractivity (Wildman–Crippen MR) is 144 cm³/mol. The van der Waals surface area contributed by atoms with Crippen molar-refractivity contribution in [3.8, 4) is 0 Å². The molecule has 0 saturated carbocycles. The van der Waals surface area contributed by atoms with Crippen LogP contribution in [0.4, 0.5) is 0 Å². The molecule has 0 saturated heterocycles. The van der Waals surface area contributed by atoms with E-state index in [-0.39, 0.29) is 11.9 Å². The fraction of sp³-hybridized carbons (Fsp3) is 0.233. The molecule has 0 fully saturated rings. The zero-order chi connectivity index (χ0) is 25.9. The maximum Gasteiger partial charge on any atom is 0.256 e. The molecule has 5 aromatic rings. The van der Waals surface area contributed by atoms with Gasteiger partial charge in [0.25, 0.3) is 5.91 Å². The molecule has 2 heterocycles. The number of nitrogens with zero attached hydrogens (tertiary/aromatic N) is 3. The summed E-state index contributed by atoms with van der Waals surface area (Å²) in [6.45, 7) is 6.81. The number of imidazole rings is 1. The first-order chi connectivity index (χ1) is 17.9. The van der Waals surface area contributed by atoms with Crippen molar-refractivity contribution >= 4 is 16.9 Å². The van der Waals surface area contributed by atoms with E-state index in [1.54, 1.807) is 6.92 Å². The van der Waals surface area contributed by atoms with E-state index >= 15 is 0 Å². The van der Waals surface area contributed by atoms with Crippen molar-refractivity contribution in [2.24, 2.45) is 0 Å². The zero-order valence-corrected chi connectivity index (χ0v) is 21.4. The molecule has 7 nitrogen and oxygen atoms in total. The van der Waals surface area contributed by atoms with Gasteiger partial charge in [0.1, 0.15) is 11.3 Å². The van der Waals surface area contributed by atoms with Gasteiger partial charge in [0.2, 0.25) is 5.62 Å². The maximum atomic E-state index is 12.9. The Morgan fingerprint density at radius 3 is 2.16 bits per heavy atom. The Hall–Kier alpha value is -4.39. The molecule has 0 spiro atoms. The Morgan fingerprint density at radius 2 is 1.54 bits per heavy atom. The van der Waals surface area contributed by atoms with Gasteiger partial charge in [-0.3, -0.25) is 10.2 Å². The largest absolute Gasteiger partial charge is 0.361 e. The third-order valence-corrected chi connectivity index (χ3v) is 6.83. The molecule has 3 aromatic carbocycles. The first-order valence-corrected chi connectivity index (χ1v) is 12.5. The molecule has 0 aliphatic carbocycles. The number of nitrogens with one attached hydrogen (secondary N) is 2. The smallest absolute Gasteiger partial charge is 0.256 e. The van der Waals surface area contributed by atoms with E-state index in [4.69, 9.17) is 4.52 Å². The average molecular weight is 494 g/mol. The van der Waals surface area contributed by atoms with Crippen LogP contribution in [-0.4, -0.2) is 26.7 Å². The highest BCUT2D eigenvalue weighted by Gasteiger charge is 2.22. The van der Waals surface area contributed by atoms with E-state index < -0.39 is 0 Å². The number of benzene rings is 3. The molecule has 0 aliphatic heterocycles. The molecule has 1 amide bonds. The van der Waals surface area contributed by atoms with Crippen LogP contribution in [0.2, 0.25) is 0 Å². The average Bonchev–Trinajstić information content (AvgIpc) is 3.45. The summed E-state index contributed by atoms with van der Waals surface area (Å²) in [7, 11) is 0. The normalized spacial score (nSPS) is 12.1. The molecule has 0 radical (unpaired) electrons. The van der Waals surface area contributed by atoms with E-state index in [0.717, 1.165) is 22.2 Å². The summed E-state index contributed by atoms with van der Waals surface area (Å²) in [5.74, 6) is 0.249. The first kappa shape index (κ1) is 24.3. The quantitative estimate of drug-likeness (QED) is 0.315. The van der Waals surface area contributed by atoms with Crippen molar-refractivity contribution < 1.29 is 9.32 Å². The van der Waals surface area contributed by atoms with Gasteiger partial charge in [-0.1, -0.05) is 76.9 Å². The first-order valence-electron chi connectivity index (χ1n) is 12.5. The van der Waals surface area contributed by atoms with Crippen molar-refractivity contribution in [2.75, 3.05) is 6.54 Å². The van der Waals surface area contributed by atoms with Crippen LogP contribution in [0.5, 0.6) is 0 Å². The second-order valence-corrected chi connectivity index (χ2v) is 9.60. The highest BCUT2D eigenvalue weighted by molar-refractivity contribution is 5.94. The van der Waals surface area contributed by atoms with Gasteiger partial charge >= 0.3 is 0 Å². The van der Waals surface area contributed by atoms with Crippen LogP contribution >= 0.6 is 0 Å². The van der Waals surface area contributed by atoms with E-state index in [1.165, 1.54) is 17.3 Å².